The summed E-state index contributed by atoms with van der Waals surface area (Å²) >= 11 is 0. The predicted molar refractivity (Wildman–Crippen MR) is 66.8 cm³/mol. The van der Waals surface area contributed by atoms with Crippen molar-refractivity contribution in [3.05, 3.63) is 0 Å². The zero-order chi connectivity index (χ0) is 11.9. The fraction of sp³-hybridized carbons (Fsp3) is 0.923. The highest BCUT2D eigenvalue weighted by atomic mass is 16.5. The van der Waals surface area contributed by atoms with Crippen LogP contribution in [-0.2, 0) is 9.53 Å². The first-order chi connectivity index (χ1) is 8.34. The van der Waals surface area contributed by atoms with E-state index in [0.717, 1.165) is 45.5 Å². The second kappa shape index (κ2) is 6.97. The number of carbonyl (C=O) groups excluding carboxylic acids is 1. The van der Waals surface area contributed by atoms with Crippen LogP contribution >= 0.6 is 0 Å². The standard InChI is InChI=1S/C13H24N2O2/c16-13(4-3-12-2-1-9-17-12)15-10-11-5-7-14-8-6-11/h11-12,14H,1-10H2,(H,15,16). The van der Waals surface area contributed by atoms with Gasteiger partial charge in [-0.3, -0.25) is 4.79 Å². The van der Waals surface area contributed by atoms with E-state index in [2.05, 4.69) is 10.6 Å². The van der Waals surface area contributed by atoms with Crippen molar-refractivity contribution in [1.82, 2.24) is 10.6 Å². The summed E-state index contributed by atoms with van der Waals surface area (Å²) in [5.41, 5.74) is 0. The van der Waals surface area contributed by atoms with Crippen molar-refractivity contribution in [3.8, 4) is 0 Å². The third-order valence-corrected chi connectivity index (χ3v) is 3.76. The van der Waals surface area contributed by atoms with Gasteiger partial charge in [0, 0.05) is 19.6 Å². The molecule has 0 radical (unpaired) electrons. The first kappa shape index (κ1) is 12.8. The average Bonchev–Trinajstić information content (AvgIpc) is 2.88. The summed E-state index contributed by atoms with van der Waals surface area (Å²) in [6.07, 6.45) is 6.49. The van der Waals surface area contributed by atoms with Crippen molar-refractivity contribution in [2.75, 3.05) is 26.2 Å². The third kappa shape index (κ3) is 4.64. The Labute approximate surface area is 103 Å². The topological polar surface area (TPSA) is 50.4 Å². The summed E-state index contributed by atoms with van der Waals surface area (Å²) in [5, 5.41) is 6.39. The Balaban J connectivity index is 1.53. The van der Waals surface area contributed by atoms with Gasteiger partial charge < -0.3 is 15.4 Å². The molecule has 0 aromatic rings. The van der Waals surface area contributed by atoms with E-state index in [1.165, 1.54) is 12.8 Å². The molecule has 2 fully saturated rings. The van der Waals surface area contributed by atoms with E-state index in [1.807, 2.05) is 0 Å². The van der Waals surface area contributed by atoms with Gasteiger partial charge in [-0.25, -0.2) is 0 Å². The molecule has 1 unspecified atom stereocenters. The van der Waals surface area contributed by atoms with Crippen LogP contribution in [0.2, 0.25) is 0 Å². The maximum absolute atomic E-state index is 11.7. The highest BCUT2D eigenvalue weighted by Gasteiger charge is 2.17. The van der Waals surface area contributed by atoms with Crippen molar-refractivity contribution in [2.45, 2.75) is 44.6 Å². The number of hydrogen-bond donors (Lipinski definition) is 2. The maximum Gasteiger partial charge on any atom is 0.220 e. The number of piperidine rings is 1. The Bertz CT molecular complexity index is 234. The van der Waals surface area contributed by atoms with Crippen molar-refractivity contribution in [3.63, 3.8) is 0 Å². The van der Waals surface area contributed by atoms with Crippen LogP contribution in [0.5, 0.6) is 0 Å². The molecule has 2 rings (SSSR count). The van der Waals surface area contributed by atoms with E-state index < -0.39 is 0 Å². The van der Waals surface area contributed by atoms with Crippen LogP contribution in [0.1, 0.15) is 38.5 Å². The summed E-state index contributed by atoms with van der Waals surface area (Å²) in [6.45, 7) is 3.92. The van der Waals surface area contributed by atoms with Gasteiger partial charge in [0.05, 0.1) is 6.10 Å². The SMILES string of the molecule is O=C(CCC1CCCO1)NCC1CCNCC1. The van der Waals surface area contributed by atoms with Gasteiger partial charge in [-0.2, -0.15) is 0 Å². The van der Waals surface area contributed by atoms with Gasteiger partial charge in [0.25, 0.3) is 0 Å². The predicted octanol–water partition coefficient (Wildman–Crippen LogP) is 1.06. The lowest BCUT2D eigenvalue weighted by molar-refractivity contribution is -0.121. The van der Waals surface area contributed by atoms with Crippen LogP contribution in [-0.4, -0.2) is 38.3 Å². The van der Waals surface area contributed by atoms with E-state index in [1.54, 1.807) is 0 Å². The van der Waals surface area contributed by atoms with E-state index in [-0.39, 0.29) is 5.91 Å². The zero-order valence-corrected chi connectivity index (χ0v) is 10.5. The summed E-state index contributed by atoms with van der Waals surface area (Å²) in [4.78, 5) is 11.7. The highest BCUT2D eigenvalue weighted by molar-refractivity contribution is 5.75. The molecule has 2 saturated heterocycles. The number of ether oxygens (including phenoxy) is 1. The van der Waals surface area contributed by atoms with Crippen LogP contribution in [0, 0.1) is 5.92 Å². The summed E-state index contributed by atoms with van der Waals surface area (Å²) in [7, 11) is 0. The van der Waals surface area contributed by atoms with Gasteiger partial charge in [-0.1, -0.05) is 0 Å². The molecule has 2 heterocycles. The Kier molecular flexibility index (Phi) is 5.26. The summed E-state index contributed by atoms with van der Waals surface area (Å²) in [6, 6.07) is 0. The molecule has 1 amide bonds. The number of carbonyl (C=O) groups is 1. The van der Waals surface area contributed by atoms with E-state index in [4.69, 9.17) is 4.74 Å². The Morgan fingerprint density at radius 3 is 2.82 bits per heavy atom. The smallest absolute Gasteiger partial charge is 0.220 e. The molecule has 2 N–H and O–H groups in total. The minimum Gasteiger partial charge on any atom is -0.378 e. The lowest BCUT2D eigenvalue weighted by atomic mass is 9.98. The monoisotopic (exact) mass is 240 g/mol. The van der Waals surface area contributed by atoms with E-state index >= 15 is 0 Å². The average molecular weight is 240 g/mol. The molecule has 0 bridgehead atoms. The van der Waals surface area contributed by atoms with Gasteiger partial charge in [0.15, 0.2) is 0 Å². The molecule has 2 aliphatic heterocycles. The fourth-order valence-electron chi connectivity index (χ4n) is 2.60. The number of nitrogens with one attached hydrogen (secondary N) is 2. The second-order valence-electron chi connectivity index (χ2n) is 5.17. The first-order valence-electron chi connectivity index (χ1n) is 6.93. The molecular formula is C13H24N2O2. The molecule has 4 nitrogen and oxygen atoms in total. The third-order valence-electron chi connectivity index (χ3n) is 3.76. The first-order valence-corrected chi connectivity index (χ1v) is 6.93. The van der Waals surface area contributed by atoms with Crippen molar-refractivity contribution < 1.29 is 9.53 Å². The number of rotatable bonds is 5. The molecule has 0 spiro atoms. The molecule has 0 aromatic carbocycles. The number of hydrogen-bond acceptors (Lipinski definition) is 3. The van der Waals surface area contributed by atoms with Gasteiger partial charge in [0.2, 0.25) is 5.91 Å². The van der Waals surface area contributed by atoms with E-state index in [0.29, 0.717) is 18.4 Å². The minimum absolute atomic E-state index is 0.194. The van der Waals surface area contributed by atoms with Crippen LogP contribution < -0.4 is 10.6 Å². The molecule has 0 aromatic heterocycles. The zero-order valence-electron chi connectivity index (χ0n) is 10.5. The molecular weight excluding hydrogens is 216 g/mol. The fourth-order valence-corrected chi connectivity index (χ4v) is 2.60. The highest BCUT2D eigenvalue weighted by Crippen LogP contribution is 2.16. The lowest BCUT2D eigenvalue weighted by Gasteiger charge is -2.22. The van der Waals surface area contributed by atoms with Crippen LogP contribution in [0.25, 0.3) is 0 Å². The van der Waals surface area contributed by atoms with Gasteiger partial charge in [0.1, 0.15) is 0 Å². The van der Waals surface area contributed by atoms with Crippen molar-refractivity contribution in [2.24, 2.45) is 5.92 Å². The summed E-state index contributed by atoms with van der Waals surface area (Å²) < 4.78 is 5.51. The summed E-state index contributed by atoms with van der Waals surface area (Å²) in [5.74, 6) is 0.863. The molecule has 2 aliphatic rings. The number of amides is 1. The second-order valence-corrected chi connectivity index (χ2v) is 5.17. The molecule has 17 heavy (non-hydrogen) atoms. The quantitative estimate of drug-likeness (QED) is 0.755. The Hall–Kier alpha value is -0.610. The van der Waals surface area contributed by atoms with Crippen molar-refractivity contribution >= 4 is 5.91 Å². The Morgan fingerprint density at radius 2 is 2.12 bits per heavy atom. The largest absolute Gasteiger partial charge is 0.378 e. The van der Waals surface area contributed by atoms with Crippen LogP contribution in [0.4, 0.5) is 0 Å². The normalized spacial score (nSPS) is 26.0. The van der Waals surface area contributed by atoms with Gasteiger partial charge in [-0.05, 0) is 51.1 Å². The van der Waals surface area contributed by atoms with Crippen molar-refractivity contribution in [1.29, 1.82) is 0 Å². The molecule has 4 heteroatoms. The molecule has 98 valence electrons. The maximum atomic E-state index is 11.7. The minimum atomic E-state index is 0.194. The van der Waals surface area contributed by atoms with Crippen LogP contribution in [0.15, 0.2) is 0 Å². The van der Waals surface area contributed by atoms with E-state index in [9.17, 15) is 4.79 Å². The molecule has 0 aliphatic carbocycles. The van der Waals surface area contributed by atoms with Gasteiger partial charge in [-0.15, -0.1) is 0 Å². The Morgan fingerprint density at radius 1 is 1.29 bits per heavy atom. The van der Waals surface area contributed by atoms with Gasteiger partial charge >= 0.3 is 0 Å². The molecule has 0 saturated carbocycles. The van der Waals surface area contributed by atoms with Crippen LogP contribution in [0.3, 0.4) is 0 Å². The lowest BCUT2D eigenvalue weighted by Crippen LogP contribution is -2.36. The molecule has 1 atom stereocenters.